The molecule has 0 spiro atoms. The van der Waals surface area contributed by atoms with Crippen LogP contribution >= 0.6 is 0 Å². The molecule has 1 rings (SSSR count). The number of hydrogen-bond donors (Lipinski definition) is 1. The van der Waals surface area contributed by atoms with Crippen molar-refractivity contribution in [1.29, 1.82) is 0 Å². The fourth-order valence-corrected chi connectivity index (χ4v) is 1.75. The number of rotatable bonds is 7. The molecule has 0 aromatic heterocycles. The molecule has 0 aromatic rings. The van der Waals surface area contributed by atoms with Crippen molar-refractivity contribution in [3.05, 3.63) is 0 Å². The Hall–Kier alpha value is -0.120. The zero-order valence-electron chi connectivity index (χ0n) is 9.26. The first-order chi connectivity index (χ1) is 6.83. The van der Waals surface area contributed by atoms with Crippen molar-refractivity contribution in [3.8, 4) is 0 Å². The van der Waals surface area contributed by atoms with E-state index in [4.69, 9.17) is 15.2 Å². The van der Waals surface area contributed by atoms with E-state index in [1.807, 2.05) is 0 Å². The number of nitrogens with two attached hydrogens (primary N) is 1. The molecule has 84 valence electrons. The van der Waals surface area contributed by atoms with Crippen molar-refractivity contribution >= 4 is 0 Å². The Labute approximate surface area is 86.9 Å². The topological polar surface area (TPSA) is 44.5 Å². The lowest BCUT2D eigenvalue weighted by Gasteiger charge is -2.24. The highest BCUT2D eigenvalue weighted by Crippen LogP contribution is 2.30. The number of hydrogen-bond acceptors (Lipinski definition) is 3. The molecule has 1 fully saturated rings. The molecule has 1 aliphatic rings. The van der Waals surface area contributed by atoms with E-state index in [2.05, 4.69) is 6.92 Å². The van der Waals surface area contributed by atoms with Crippen molar-refractivity contribution in [3.63, 3.8) is 0 Å². The average Bonchev–Trinajstić information content (AvgIpc) is 2.67. The molecule has 1 saturated heterocycles. The summed E-state index contributed by atoms with van der Waals surface area (Å²) in [6.45, 7) is 6.31. The monoisotopic (exact) mass is 201 g/mol. The van der Waals surface area contributed by atoms with Crippen LogP contribution in [-0.2, 0) is 9.47 Å². The first kappa shape index (κ1) is 12.0. The Morgan fingerprint density at radius 3 is 2.86 bits per heavy atom. The summed E-state index contributed by atoms with van der Waals surface area (Å²) in [6, 6.07) is 0. The van der Waals surface area contributed by atoms with E-state index in [-0.39, 0.29) is 5.41 Å². The van der Waals surface area contributed by atoms with E-state index in [1.54, 1.807) is 0 Å². The molecule has 0 saturated carbocycles. The average molecular weight is 201 g/mol. The molecule has 0 aliphatic carbocycles. The summed E-state index contributed by atoms with van der Waals surface area (Å²) in [5.74, 6) is 0. The highest BCUT2D eigenvalue weighted by molar-refractivity contribution is 4.83. The second kappa shape index (κ2) is 6.38. The third kappa shape index (κ3) is 3.56. The first-order valence-corrected chi connectivity index (χ1v) is 5.68. The molecule has 2 N–H and O–H groups in total. The fourth-order valence-electron chi connectivity index (χ4n) is 1.75. The van der Waals surface area contributed by atoms with Gasteiger partial charge in [0.1, 0.15) is 0 Å². The fraction of sp³-hybridized carbons (Fsp3) is 1.00. The molecule has 1 unspecified atom stereocenters. The van der Waals surface area contributed by atoms with Gasteiger partial charge >= 0.3 is 0 Å². The normalized spacial score (nSPS) is 27.0. The molecular weight excluding hydrogens is 178 g/mol. The van der Waals surface area contributed by atoms with Crippen molar-refractivity contribution in [2.45, 2.75) is 32.6 Å². The molecule has 3 nitrogen and oxygen atoms in total. The lowest BCUT2D eigenvalue weighted by atomic mass is 9.84. The molecule has 3 heteroatoms. The van der Waals surface area contributed by atoms with Crippen LogP contribution in [0.1, 0.15) is 32.6 Å². The summed E-state index contributed by atoms with van der Waals surface area (Å²) in [5.41, 5.74) is 5.99. The zero-order chi connectivity index (χ0) is 10.3. The lowest BCUT2D eigenvalue weighted by molar-refractivity contribution is 0.0827. The maximum absolute atomic E-state index is 5.77. The molecular formula is C11H23NO2. The zero-order valence-corrected chi connectivity index (χ0v) is 9.26. The first-order valence-electron chi connectivity index (χ1n) is 5.68. The SMILES string of the molecule is CCCCOCCC1(CN)CCOC1. The van der Waals surface area contributed by atoms with Gasteiger partial charge in [-0.15, -0.1) is 0 Å². The van der Waals surface area contributed by atoms with Crippen LogP contribution in [0.4, 0.5) is 0 Å². The molecule has 1 heterocycles. The summed E-state index contributed by atoms with van der Waals surface area (Å²) in [7, 11) is 0. The highest BCUT2D eigenvalue weighted by Gasteiger charge is 2.32. The van der Waals surface area contributed by atoms with E-state index >= 15 is 0 Å². The smallest absolute Gasteiger partial charge is 0.0536 e. The maximum atomic E-state index is 5.77. The predicted molar refractivity (Wildman–Crippen MR) is 57.3 cm³/mol. The van der Waals surface area contributed by atoms with Gasteiger partial charge in [0.25, 0.3) is 0 Å². The van der Waals surface area contributed by atoms with Crippen molar-refractivity contribution in [2.75, 3.05) is 33.0 Å². The van der Waals surface area contributed by atoms with Crippen LogP contribution in [0.2, 0.25) is 0 Å². The van der Waals surface area contributed by atoms with Gasteiger partial charge in [0.2, 0.25) is 0 Å². The van der Waals surface area contributed by atoms with Crippen molar-refractivity contribution < 1.29 is 9.47 Å². The van der Waals surface area contributed by atoms with Crippen LogP contribution in [-0.4, -0.2) is 33.0 Å². The van der Waals surface area contributed by atoms with Crippen LogP contribution < -0.4 is 5.73 Å². The number of unbranched alkanes of at least 4 members (excludes halogenated alkanes) is 1. The van der Waals surface area contributed by atoms with Crippen molar-refractivity contribution in [1.82, 2.24) is 0 Å². The molecule has 14 heavy (non-hydrogen) atoms. The summed E-state index contributed by atoms with van der Waals surface area (Å²) in [4.78, 5) is 0. The van der Waals surface area contributed by atoms with Crippen molar-refractivity contribution in [2.24, 2.45) is 11.1 Å². The van der Waals surface area contributed by atoms with Gasteiger partial charge in [-0.05, 0) is 19.3 Å². The van der Waals surface area contributed by atoms with Crippen LogP contribution in [0.5, 0.6) is 0 Å². The van der Waals surface area contributed by atoms with Crippen LogP contribution in [0, 0.1) is 5.41 Å². The largest absolute Gasteiger partial charge is 0.381 e. The van der Waals surface area contributed by atoms with E-state index in [0.717, 1.165) is 52.2 Å². The van der Waals surface area contributed by atoms with Gasteiger partial charge in [-0.1, -0.05) is 13.3 Å². The Bertz CT molecular complexity index is 144. The Kier molecular flexibility index (Phi) is 5.45. The van der Waals surface area contributed by atoms with Gasteiger partial charge in [0, 0.05) is 31.8 Å². The Morgan fingerprint density at radius 1 is 1.43 bits per heavy atom. The minimum absolute atomic E-state index is 0.214. The van der Waals surface area contributed by atoms with Crippen LogP contribution in [0.3, 0.4) is 0 Å². The molecule has 1 atom stereocenters. The predicted octanol–water partition coefficient (Wildman–Crippen LogP) is 1.56. The lowest BCUT2D eigenvalue weighted by Crippen LogP contribution is -2.32. The molecule has 0 aromatic carbocycles. The van der Waals surface area contributed by atoms with Gasteiger partial charge in [0.15, 0.2) is 0 Å². The van der Waals surface area contributed by atoms with Gasteiger partial charge in [-0.3, -0.25) is 0 Å². The standard InChI is InChI=1S/C11H23NO2/c1-2-3-6-13-7-4-11(9-12)5-8-14-10-11/h2-10,12H2,1H3. The summed E-state index contributed by atoms with van der Waals surface area (Å²) in [6.07, 6.45) is 4.51. The highest BCUT2D eigenvalue weighted by atomic mass is 16.5. The molecule has 0 amide bonds. The minimum Gasteiger partial charge on any atom is -0.381 e. The summed E-state index contributed by atoms with van der Waals surface area (Å²) in [5, 5.41) is 0. The molecule has 1 aliphatic heterocycles. The Morgan fingerprint density at radius 2 is 2.29 bits per heavy atom. The second-order valence-electron chi connectivity index (χ2n) is 4.22. The molecule has 0 radical (unpaired) electrons. The number of ether oxygens (including phenoxy) is 2. The Balaban J connectivity index is 2.08. The second-order valence-corrected chi connectivity index (χ2v) is 4.22. The third-order valence-electron chi connectivity index (χ3n) is 3.04. The maximum Gasteiger partial charge on any atom is 0.0536 e. The molecule has 0 bridgehead atoms. The van der Waals surface area contributed by atoms with Gasteiger partial charge < -0.3 is 15.2 Å². The quantitative estimate of drug-likeness (QED) is 0.636. The summed E-state index contributed by atoms with van der Waals surface area (Å²) < 4.78 is 10.9. The van der Waals surface area contributed by atoms with Gasteiger partial charge in [-0.2, -0.15) is 0 Å². The third-order valence-corrected chi connectivity index (χ3v) is 3.04. The van der Waals surface area contributed by atoms with E-state index < -0.39 is 0 Å². The van der Waals surface area contributed by atoms with E-state index in [9.17, 15) is 0 Å². The van der Waals surface area contributed by atoms with Gasteiger partial charge in [0.05, 0.1) is 6.61 Å². The minimum atomic E-state index is 0.214. The van der Waals surface area contributed by atoms with Gasteiger partial charge in [-0.25, -0.2) is 0 Å². The van der Waals surface area contributed by atoms with E-state index in [0.29, 0.717) is 0 Å². The summed E-state index contributed by atoms with van der Waals surface area (Å²) >= 11 is 0. The van der Waals surface area contributed by atoms with E-state index in [1.165, 1.54) is 6.42 Å². The van der Waals surface area contributed by atoms with Crippen LogP contribution in [0.25, 0.3) is 0 Å². The van der Waals surface area contributed by atoms with Crippen LogP contribution in [0.15, 0.2) is 0 Å².